The minimum absolute atomic E-state index is 0.107. The van der Waals surface area contributed by atoms with Crippen LogP contribution in [-0.4, -0.2) is 19.6 Å². The van der Waals surface area contributed by atoms with Gasteiger partial charge >= 0.3 is 6.18 Å². The van der Waals surface area contributed by atoms with Gasteiger partial charge in [-0.2, -0.15) is 13.2 Å². The summed E-state index contributed by atoms with van der Waals surface area (Å²) in [5, 5.41) is 2.60. The first-order valence-corrected chi connectivity index (χ1v) is 8.17. The summed E-state index contributed by atoms with van der Waals surface area (Å²) >= 11 is 0. The van der Waals surface area contributed by atoms with Gasteiger partial charge in [0.25, 0.3) is 5.91 Å². The molecule has 0 atom stereocenters. The highest BCUT2D eigenvalue weighted by Crippen LogP contribution is 2.29. The molecule has 0 saturated heterocycles. The molecule has 4 nitrogen and oxygen atoms in total. The first-order chi connectivity index (χ1) is 12.8. The number of carbonyl (C=O) groups excluding carboxylic acids is 1. The Kier molecular flexibility index (Phi) is 6.87. The Morgan fingerprint density at radius 3 is 2.37 bits per heavy atom. The highest BCUT2D eigenvalue weighted by molar-refractivity contribution is 5.77. The van der Waals surface area contributed by atoms with Gasteiger partial charge in [0, 0.05) is 6.54 Å². The molecular weight excluding hydrogens is 359 g/mol. The third-order valence-electron chi connectivity index (χ3n) is 3.74. The van der Waals surface area contributed by atoms with Crippen LogP contribution in [0.1, 0.15) is 16.7 Å². The molecule has 0 bridgehead atoms. The summed E-state index contributed by atoms with van der Waals surface area (Å²) in [4.78, 5) is 11.9. The lowest BCUT2D eigenvalue weighted by atomic mass is 10.1. The number of benzene rings is 2. The van der Waals surface area contributed by atoms with E-state index in [0.717, 1.165) is 17.7 Å². The van der Waals surface area contributed by atoms with Gasteiger partial charge in [0.2, 0.25) is 0 Å². The van der Waals surface area contributed by atoms with Crippen molar-refractivity contribution >= 4 is 5.91 Å². The van der Waals surface area contributed by atoms with Crippen LogP contribution in [0.5, 0.6) is 11.5 Å². The fraction of sp³-hybridized carbons (Fsp3) is 0.250. The molecule has 0 spiro atoms. The fourth-order valence-corrected chi connectivity index (χ4v) is 2.33. The van der Waals surface area contributed by atoms with E-state index in [4.69, 9.17) is 9.47 Å². The van der Waals surface area contributed by atoms with Crippen molar-refractivity contribution < 1.29 is 27.4 Å². The number of rotatable bonds is 8. The number of amides is 1. The summed E-state index contributed by atoms with van der Waals surface area (Å²) in [5.41, 5.74) is 0.830. The van der Waals surface area contributed by atoms with Crippen molar-refractivity contribution in [3.63, 3.8) is 0 Å². The molecule has 0 unspecified atom stereocenters. The summed E-state index contributed by atoms with van der Waals surface area (Å²) in [6.45, 7) is 3.54. The number of halogens is 3. The standard InChI is InChI=1S/C20H20F3NO3/c1-3-4-14-7-10-17(18(11-14)26-2)27-13-19(25)24-12-15-5-8-16(9-6-15)20(21,22)23/h3,5-11H,1,4,12-13H2,2H3,(H,24,25). The molecule has 0 radical (unpaired) electrons. The third-order valence-corrected chi connectivity index (χ3v) is 3.74. The maximum absolute atomic E-state index is 12.5. The minimum Gasteiger partial charge on any atom is -0.493 e. The maximum atomic E-state index is 12.5. The molecule has 0 aromatic heterocycles. The molecule has 27 heavy (non-hydrogen) atoms. The van der Waals surface area contributed by atoms with E-state index in [1.807, 2.05) is 6.07 Å². The first kappa shape index (κ1) is 20.4. The summed E-state index contributed by atoms with van der Waals surface area (Å²) in [6, 6.07) is 9.97. The minimum atomic E-state index is -4.38. The molecule has 7 heteroatoms. The van der Waals surface area contributed by atoms with Gasteiger partial charge in [-0.25, -0.2) is 0 Å². The van der Waals surface area contributed by atoms with Crippen molar-refractivity contribution in [3.8, 4) is 11.5 Å². The van der Waals surface area contributed by atoms with Crippen LogP contribution < -0.4 is 14.8 Å². The monoisotopic (exact) mass is 379 g/mol. The fourth-order valence-electron chi connectivity index (χ4n) is 2.33. The van der Waals surface area contributed by atoms with Crippen molar-refractivity contribution in [2.45, 2.75) is 19.1 Å². The van der Waals surface area contributed by atoms with Gasteiger partial charge in [-0.05, 0) is 41.8 Å². The highest BCUT2D eigenvalue weighted by atomic mass is 19.4. The Bertz CT molecular complexity index is 786. The molecule has 0 heterocycles. The second-order valence-electron chi connectivity index (χ2n) is 5.74. The first-order valence-electron chi connectivity index (χ1n) is 8.17. The Balaban J connectivity index is 1.87. The van der Waals surface area contributed by atoms with E-state index in [1.165, 1.54) is 19.2 Å². The number of ether oxygens (including phenoxy) is 2. The summed E-state index contributed by atoms with van der Waals surface area (Å²) in [6.07, 6.45) is -1.93. The lowest BCUT2D eigenvalue weighted by Gasteiger charge is -2.12. The Labute approximate surface area is 155 Å². The molecule has 0 fully saturated rings. The lowest BCUT2D eigenvalue weighted by Crippen LogP contribution is -2.28. The summed E-state index contributed by atoms with van der Waals surface area (Å²) in [7, 11) is 1.50. The second-order valence-corrected chi connectivity index (χ2v) is 5.74. The van der Waals surface area contributed by atoms with Crippen molar-refractivity contribution in [2.75, 3.05) is 13.7 Å². The quantitative estimate of drug-likeness (QED) is 0.702. The molecular formula is C20H20F3NO3. The van der Waals surface area contributed by atoms with Gasteiger partial charge in [0.15, 0.2) is 18.1 Å². The van der Waals surface area contributed by atoms with Crippen LogP contribution in [0.4, 0.5) is 13.2 Å². The average molecular weight is 379 g/mol. The topological polar surface area (TPSA) is 47.6 Å². The van der Waals surface area contributed by atoms with Gasteiger partial charge in [-0.3, -0.25) is 4.79 Å². The molecule has 0 aliphatic carbocycles. The van der Waals surface area contributed by atoms with Gasteiger partial charge in [0.05, 0.1) is 12.7 Å². The van der Waals surface area contributed by atoms with Crippen LogP contribution in [-0.2, 0) is 23.9 Å². The van der Waals surface area contributed by atoms with Crippen molar-refractivity contribution in [1.82, 2.24) is 5.32 Å². The van der Waals surface area contributed by atoms with Gasteiger partial charge < -0.3 is 14.8 Å². The SMILES string of the molecule is C=CCc1ccc(OCC(=O)NCc2ccc(C(F)(F)F)cc2)c(OC)c1. The number of nitrogens with one attached hydrogen (secondary N) is 1. The van der Waals surface area contributed by atoms with Crippen LogP contribution >= 0.6 is 0 Å². The second kappa shape index (κ2) is 9.12. The summed E-state index contributed by atoms with van der Waals surface area (Å²) in [5.74, 6) is 0.534. The molecule has 2 aromatic carbocycles. The molecule has 0 saturated carbocycles. The predicted octanol–water partition coefficient (Wildman–Crippen LogP) is 4.14. The lowest BCUT2D eigenvalue weighted by molar-refractivity contribution is -0.137. The van der Waals surface area contributed by atoms with Gasteiger partial charge in [0.1, 0.15) is 0 Å². The number of hydrogen-bond donors (Lipinski definition) is 1. The number of allylic oxidation sites excluding steroid dienone is 1. The smallest absolute Gasteiger partial charge is 0.416 e. The Hall–Kier alpha value is -2.96. The van der Waals surface area contributed by atoms with E-state index in [1.54, 1.807) is 18.2 Å². The van der Waals surface area contributed by atoms with Crippen LogP contribution in [0, 0.1) is 0 Å². The molecule has 2 rings (SSSR count). The highest BCUT2D eigenvalue weighted by Gasteiger charge is 2.29. The molecule has 144 valence electrons. The maximum Gasteiger partial charge on any atom is 0.416 e. The van der Waals surface area contributed by atoms with Crippen molar-refractivity contribution in [1.29, 1.82) is 0 Å². The molecule has 0 aliphatic heterocycles. The Morgan fingerprint density at radius 2 is 1.78 bits per heavy atom. The van der Waals surface area contributed by atoms with Crippen LogP contribution in [0.2, 0.25) is 0 Å². The van der Waals surface area contributed by atoms with Gasteiger partial charge in [-0.1, -0.05) is 24.3 Å². The molecule has 1 amide bonds. The van der Waals surface area contributed by atoms with E-state index in [9.17, 15) is 18.0 Å². The summed E-state index contributed by atoms with van der Waals surface area (Å²) < 4.78 is 48.3. The van der Waals surface area contributed by atoms with Crippen LogP contribution in [0.3, 0.4) is 0 Å². The molecule has 1 N–H and O–H groups in total. The van der Waals surface area contributed by atoms with E-state index < -0.39 is 17.6 Å². The third kappa shape index (κ3) is 6.06. The largest absolute Gasteiger partial charge is 0.493 e. The van der Waals surface area contributed by atoms with Gasteiger partial charge in [-0.15, -0.1) is 6.58 Å². The van der Waals surface area contributed by atoms with E-state index >= 15 is 0 Å². The zero-order valence-corrected chi connectivity index (χ0v) is 14.8. The van der Waals surface area contributed by atoms with E-state index in [2.05, 4.69) is 11.9 Å². The van der Waals surface area contributed by atoms with E-state index in [0.29, 0.717) is 23.5 Å². The van der Waals surface area contributed by atoms with Crippen LogP contribution in [0.15, 0.2) is 55.1 Å². The predicted molar refractivity (Wildman–Crippen MR) is 95.7 cm³/mol. The average Bonchev–Trinajstić information content (AvgIpc) is 2.65. The Morgan fingerprint density at radius 1 is 1.11 bits per heavy atom. The normalized spacial score (nSPS) is 11.0. The molecule has 2 aromatic rings. The van der Waals surface area contributed by atoms with Crippen molar-refractivity contribution in [3.05, 3.63) is 71.8 Å². The molecule has 0 aliphatic rings. The zero-order valence-electron chi connectivity index (χ0n) is 14.8. The van der Waals surface area contributed by atoms with E-state index in [-0.39, 0.29) is 13.2 Å². The van der Waals surface area contributed by atoms with Crippen molar-refractivity contribution in [2.24, 2.45) is 0 Å². The number of methoxy groups -OCH3 is 1. The number of alkyl halides is 3. The number of hydrogen-bond acceptors (Lipinski definition) is 3. The zero-order chi connectivity index (χ0) is 19.9. The number of carbonyl (C=O) groups is 1. The van der Waals surface area contributed by atoms with Crippen LogP contribution in [0.25, 0.3) is 0 Å².